The molecule has 19 heavy (non-hydrogen) atoms. The molecule has 1 aromatic rings. The summed E-state index contributed by atoms with van der Waals surface area (Å²) in [4.78, 5) is 0.293. The fourth-order valence-corrected chi connectivity index (χ4v) is 2.33. The summed E-state index contributed by atoms with van der Waals surface area (Å²) in [6.45, 7) is 4.08. The normalized spacial score (nSPS) is 10.4. The number of hydrogen-bond donors (Lipinski definition) is 3. The SMILES string of the molecule is Cc1ccc(S(=O)(=O)NCCNCCN)cc1.[H-].[H-].[Na+].[Na+]. The summed E-state index contributed by atoms with van der Waals surface area (Å²) >= 11 is 0. The third-order valence-electron chi connectivity index (χ3n) is 2.25. The molecule has 100 valence electrons. The van der Waals surface area contributed by atoms with E-state index in [0.29, 0.717) is 31.1 Å². The predicted molar refractivity (Wildman–Crippen MR) is 70.5 cm³/mol. The summed E-state index contributed by atoms with van der Waals surface area (Å²) in [5.41, 5.74) is 6.34. The first-order chi connectivity index (χ1) is 8.06. The molecule has 0 saturated carbocycles. The fourth-order valence-electron chi connectivity index (χ4n) is 1.30. The van der Waals surface area contributed by atoms with E-state index in [1.807, 2.05) is 6.92 Å². The summed E-state index contributed by atoms with van der Waals surface area (Å²) in [5, 5.41) is 3.02. The Labute approximate surface area is 162 Å². The second kappa shape index (κ2) is 11.7. The molecule has 0 radical (unpaired) electrons. The molecule has 0 fully saturated rings. The van der Waals surface area contributed by atoms with Gasteiger partial charge in [-0.2, -0.15) is 0 Å². The van der Waals surface area contributed by atoms with Crippen LogP contribution in [0.4, 0.5) is 0 Å². The Morgan fingerprint density at radius 3 is 2.21 bits per heavy atom. The third-order valence-corrected chi connectivity index (χ3v) is 3.72. The monoisotopic (exact) mass is 305 g/mol. The smallest absolute Gasteiger partial charge is 1.00 e. The second-order valence-corrected chi connectivity index (χ2v) is 5.52. The Balaban J connectivity index is -0.000000361. The first kappa shape index (κ1) is 22.3. The minimum Gasteiger partial charge on any atom is -1.00 e. The minimum atomic E-state index is -3.39. The number of nitrogens with two attached hydrogens (primary N) is 1. The van der Waals surface area contributed by atoms with Crippen molar-refractivity contribution in [1.82, 2.24) is 10.0 Å². The van der Waals surface area contributed by atoms with E-state index in [9.17, 15) is 8.42 Å². The number of aryl methyl sites for hydroxylation is 1. The van der Waals surface area contributed by atoms with Crippen molar-refractivity contribution in [2.75, 3.05) is 26.2 Å². The topological polar surface area (TPSA) is 84.2 Å². The largest absolute Gasteiger partial charge is 1.00 e. The Morgan fingerprint density at radius 2 is 1.68 bits per heavy atom. The van der Waals surface area contributed by atoms with Crippen LogP contribution < -0.4 is 74.9 Å². The maximum Gasteiger partial charge on any atom is 1.00 e. The van der Waals surface area contributed by atoms with Gasteiger partial charge in [0.2, 0.25) is 10.0 Å². The van der Waals surface area contributed by atoms with E-state index in [2.05, 4.69) is 10.0 Å². The van der Waals surface area contributed by atoms with Crippen LogP contribution in [0, 0.1) is 6.92 Å². The zero-order valence-corrected chi connectivity index (χ0v) is 16.8. The van der Waals surface area contributed by atoms with Gasteiger partial charge in [-0.1, -0.05) is 17.7 Å². The van der Waals surface area contributed by atoms with Crippen molar-refractivity contribution in [1.29, 1.82) is 0 Å². The molecule has 0 aliphatic carbocycles. The molecule has 0 spiro atoms. The van der Waals surface area contributed by atoms with Gasteiger partial charge in [0, 0.05) is 26.2 Å². The van der Waals surface area contributed by atoms with Crippen molar-refractivity contribution < 1.29 is 70.4 Å². The summed E-state index contributed by atoms with van der Waals surface area (Å²) in [5.74, 6) is 0. The van der Waals surface area contributed by atoms with E-state index in [4.69, 9.17) is 5.73 Å². The van der Waals surface area contributed by atoms with Gasteiger partial charge < -0.3 is 13.9 Å². The zero-order valence-electron chi connectivity index (χ0n) is 13.9. The molecule has 4 N–H and O–H groups in total. The molecule has 0 aromatic heterocycles. The molecule has 8 heteroatoms. The molecule has 0 aliphatic heterocycles. The summed E-state index contributed by atoms with van der Waals surface area (Å²) < 4.78 is 26.1. The van der Waals surface area contributed by atoms with E-state index in [1.165, 1.54) is 0 Å². The van der Waals surface area contributed by atoms with E-state index in [0.717, 1.165) is 5.56 Å². The number of sulfonamides is 1. The molecule has 0 heterocycles. The van der Waals surface area contributed by atoms with Crippen molar-refractivity contribution in [2.45, 2.75) is 11.8 Å². The number of benzene rings is 1. The summed E-state index contributed by atoms with van der Waals surface area (Å²) in [6.07, 6.45) is 0. The molecular formula is C11H21N3Na2O2S. The Kier molecular flexibility index (Phi) is 13.7. The predicted octanol–water partition coefficient (Wildman–Crippen LogP) is -5.95. The van der Waals surface area contributed by atoms with Crippen LogP contribution in [0.5, 0.6) is 0 Å². The van der Waals surface area contributed by atoms with Crippen LogP contribution in [0.1, 0.15) is 8.42 Å². The maximum absolute atomic E-state index is 11.8. The first-order valence-corrected chi connectivity index (χ1v) is 7.02. The van der Waals surface area contributed by atoms with Crippen LogP contribution in [-0.4, -0.2) is 34.6 Å². The van der Waals surface area contributed by atoms with Gasteiger partial charge in [0.25, 0.3) is 0 Å². The molecule has 0 bridgehead atoms. The standard InChI is InChI=1S/C11H19N3O2S.2Na.2H/c1-10-2-4-11(5-3-10)17(15,16)14-9-8-13-7-6-12;;;;/h2-5,13-14H,6-9,12H2,1H3;;;;/q;2*+1;2*-1. The third kappa shape index (κ3) is 8.83. The first-order valence-electron chi connectivity index (χ1n) is 5.53. The van der Waals surface area contributed by atoms with E-state index in [1.54, 1.807) is 24.3 Å². The van der Waals surface area contributed by atoms with Gasteiger partial charge in [-0.15, -0.1) is 0 Å². The number of rotatable bonds is 7. The summed E-state index contributed by atoms with van der Waals surface area (Å²) in [7, 11) is -3.39. The molecular weight excluding hydrogens is 284 g/mol. The molecule has 1 aromatic carbocycles. The molecule has 0 unspecified atom stereocenters. The van der Waals surface area contributed by atoms with Crippen molar-refractivity contribution in [2.24, 2.45) is 5.73 Å². The van der Waals surface area contributed by atoms with Crippen molar-refractivity contribution in [3.63, 3.8) is 0 Å². The maximum atomic E-state index is 11.8. The second-order valence-electron chi connectivity index (χ2n) is 3.75. The molecule has 0 aliphatic rings. The summed E-state index contributed by atoms with van der Waals surface area (Å²) in [6, 6.07) is 6.76. The average Bonchev–Trinajstić information content (AvgIpc) is 2.29. The number of hydrogen-bond acceptors (Lipinski definition) is 4. The van der Waals surface area contributed by atoms with Crippen LogP contribution in [0.2, 0.25) is 0 Å². The molecule has 1 rings (SSSR count). The average molecular weight is 305 g/mol. The number of nitrogens with one attached hydrogen (secondary N) is 2. The van der Waals surface area contributed by atoms with Crippen molar-refractivity contribution >= 4 is 10.0 Å². The van der Waals surface area contributed by atoms with Crippen LogP contribution in [0.15, 0.2) is 29.2 Å². The van der Waals surface area contributed by atoms with Gasteiger partial charge in [0.15, 0.2) is 0 Å². The van der Waals surface area contributed by atoms with E-state index in [-0.39, 0.29) is 62.0 Å². The minimum absolute atomic E-state index is 0. The Morgan fingerprint density at radius 1 is 1.11 bits per heavy atom. The molecule has 0 saturated heterocycles. The fraction of sp³-hybridized carbons (Fsp3) is 0.455. The van der Waals surface area contributed by atoms with Gasteiger partial charge in [0.05, 0.1) is 4.90 Å². The molecule has 0 atom stereocenters. The van der Waals surface area contributed by atoms with Gasteiger partial charge in [-0.25, -0.2) is 13.1 Å². The molecule has 5 nitrogen and oxygen atoms in total. The van der Waals surface area contributed by atoms with Crippen LogP contribution in [0.3, 0.4) is 0 Å². The Hall–Kier alpha value is 1.05. The van der Waals surface area contributed by atoms with Gasteiger partial charge in [0.1, 0.15) is 0 Å². The van der Waals surface area contributed by atoms with E-state index < -0.39 is 10.0 Å². The van der Waals surface area contributed by atoms with Crippen LogP contribution >= 0.6 is 0 Å². The van der Waals surface area contributed by atoms with Crippen LogP contribution in [-0.2, 0) is 10.0 Å². The zero-order chi connectivity index (χ0) is 12.7. The van der Waals surface area contributed by atoms with Gasteiger partial charge in [-0.05, 0) is 19.1 Å². The Bertz CT molecular complexity index is 447. The van der Waals surface area contributed by atoms with Crippen molar-refractivity contribution in [3.8, 4) is 0 Å². The van der Waals surface area contributed by atoms with Gasteiger partial charge in [-0.3, -0.25) is 0 Å². The van der Waals surface area contributed by atoms with Crippen LogP contribution in [0.25, 0.3) is 0 Å². The molecule has 0 amide bonds. The van der Waals surface area contributed by atoms with E-state index >= 15 is 0 Å². The van der Waals surface area contributed by atoms with Gasteiger partial charge >= 0.3 is 59.1 Å². The van der Waals surface area contributed by atoms with Crippen molar-refractivity contribution in [3.05, 3.63) is 29.8 Å². The quantitative estimate of drug-likeness (QED) is 0.346.